The van der Waals surface area contributed by atoms with E-state index in [-0.39, 0.29) is 0 Å². The lowest BCUT2D eigenvalue weighted by Gasteiger charge is -2.11. The van der Waals surface area contributed by atoms with Crippen molar-refractivity contribution in [1.29, 1.82) is 0 Å². The van der Waals surface area contributed by atoms with E-state index in [1.807, 2.05) is 14.1 Å². The van der Waals surface area contributed by atoms with Gasteiger partial charge >= 0.3 is 0 Å². The zero-order valence-corrected chi connectivity index (χ0v) is 18.3. The van der Waals surface area contributed by atoms with Crippen molar-refractivity contribution in [1.82, 2.24) is 5.01 Å². The number of rotatable bonds is 8. The third-order valence-corrected chi connectivity index (χ3v) is 4.43. The van der Waals surface area contributed by atoms with Gasteiger partial charge in [0, 0.05) is 19.7 Å². The van der Waals surface area contributed by atoms with E-state index in [0.717, 1.165) is 24.1 Å². The van der Waals surface area contributed by atoms with Crippen LogP contribution in [0.2, 0.25) is 0 Å². The van der Waals surface area contributed by atoms with Gasteiger partial charge in [-0.25, -0.2) is 0 Å². The quantitative estimate of drug-likeness (QED) is 0.272. The van der Waals surface area contributed by atoms with Crippen LogP contribution < -0.4 is 0 Å². The largest absolute Gasteiger partial charge is 0.285 e. The van der Waals surface area contributed by atoms with Crippen molar-refractivity contribution < 1.29 is 0 Å². The van der Waals surface area contributed by atoms with E-state index >= 15 is 0 Å². The van der Waals surface area contributed by atoms with Gasteiger partial charge in [0.2, 0.25) is 0 Å². The van der Waals surface area contributed by atoms with Gasteiger partial charge in [0.25, 0.3) is 0 Å². The maximum Gasteiger partial charge on any atom is 0.0906 e. The number of nitrogens with zero attached hydrogens (tertiary/aromatic N) is 3. The number of hydrogen-bond donors (Lipinski definition) is 0. The van der Waals surface area contributed by atoms with Crippen LogP contribution in [0.15, 0.2) is 69.7 Å². The van der Waals surface area contributed by atoms with E-state index in [4.69, 9.17) is 0 Å². The summed E-state index contributed by atoms with van der Waals surface area (Å²) in [4.78, 5) is 0. The third-order valence-electron chi connectivity index (χ3n) is 4.43. The molecule has 1 aromatic carbocycles. The second-order valence-corrected chi connectivity index (χ2v) is 6.98. The van der Waals surface area contributed by atoms with E-state index in [2.05, 4.69) is 94.4 Å². The summed E-state index contributed by atoms with van der Waals surface area (Å²) in [6.45, 7) is 12.9. The Bertz CT molecular complexity index is 775. The fourth-order valence-electron chi connectivity index (χ4n) is 2.82. The number of aryl methyl sites for hydroxylation is 2. The zero-order chi connectivity index (χ0) is 20.4. The lowest BCUT2D eigenvalue weighted by molar-refractivity contribution is 0.405. The molecule has 1 aromatic rings. The topological polar surface area (TPSA) is 28.0 Å². The molecule has 0 aliphatic carbocycles. The molecule has 0 aliphatic heterocycles. The van der Waals surface area contributed by atoms with Crippen LogP contribution in [0.25, 0.3) is 5.57 Å². The Morgan fingerprint density at radius 3 is 2.33 bits per heavy atom. The number of benzene rings is 1. The number of allylic oxidation sites excluding steroid dienone is 6. The van der Waals surface area contributed by atoms with Gasteiger partial charge in [0.05, 0.1) is 5.70 Å². The summed E-state index contributed by atoms with van der Waals surface area (Å²) in [6, 6.07) is 6.60. The van der Waals surface area contributed by atoms with Gasteiger partial charge in [0.1, 0.15) is 0 Å². The molecule has 3 heteroatoms. The van der Waals surface area contributed by atoms with Crippen LogP contribution in [0.5, 0.6) is 0 Å². The molecule has 0 saturated heterocycles. The van der Waals surface area contributed by atoms with Crippen LogP contribution in [0.4, 0.5) is 0 Å². The van der Waals surface area contributed by atoms with Gasteiger partial charge in [-0.15, -0.1) is 5.11 Å². The standard InChI is InChI=1S/C24H35N3/c1-9-12-24(25-26-27(7)8)23(19(5)10-2)16-14-21(11-3)22-15-13-18(4)17-20(22)6/h11-17H,9-10H2,1-8H3/b16-14-,21-11+,23-19+,24-12-,26-25-. The first-order valence-corrected chi connectivity index (χ1v) is 9.75. The molecule has 0 aliphatic rings. The molecule has 1 rings (SSSR count). The summed E-state index contributed by atoms with van der Waals surface area (Å²) < 4.78 is 0. The predicted molar refractivity (Wildman–Crippen MR) is 119 cm³/mol. The smallest absolute Gasteiger partial charge is 0.0906 e. The highest BCUT2D eigenvalue weighted by Gasteiger charge is 2.07. The van der Waals surface area contributed by atoms with E-state index in [1.165, 1.54) is 27.8 Å². The van der Waals surface area contributed by atoms with Gasteiger partial charge in [-0.1, -0.05) is 72.7 Å². The minimum absolute atomic E-state index is 0.920. The summed E-state index contributed by atoms with van der Waals surface area (Å²) in [5, 5.41) is 10.4. The first kappa shape index (κ1) is 22.6. The molecule has 0 radical (unpaired) electrons. The van der Waals surface area contributed by atoms with E-state index in [1.54, 1.807) is 5.01 Å². The van der Waals surface area contributed by atoms with Gasteiger partial charge in [-0.3, -0.25) is 5.01 Å². The average Bonchev–Trinajstić information content (AvgIpc) is 2.63. The van der Waals surface area contributed by atoms with Crippen LogP contribution >= 0.6 is 0 Å². The van der Waals surface area contributed by atoms with Crippen molar-refractivity contribution in [2.24, 2.45) is 10.3 Å². The maximum atomic E-state index is 4.47. The molecule has 0 atom stereocenters. The Morgan fingerprint density at radius 1 is 1.11 bits per heavy atom. The van der Waals surface area contributed by atoms with Gasteiger partial charge in [-0.2, -0.15) is 0 Å². The summed E-state index contributed by atoms with van der Waals surface area (Å²) >= 11 is 0. The minimum Gasteiger partial charge on any atom is -0.285 e. The highest BCUT2D eigenvalue weighted by Crippen LogP contribution is 2.26. The van der Waals surface area contributed by atoms with Crippen molar-refractivity contribution in [3.8, 4) is 0 Å². The van der Waals surface area contributed by atoms with Crippen LogP contribution in [0.1, 0.15) is 57.2 Å². The van der Waals surface area contributed by atoms with Crippen molar-refractivity contribution in [2.45, 2.75) is 54.4 Å². The van der Waals surface area contributed by atoms with E-state index < -0.39 is 0 Å². The monoisotopic (exact) mass is 365 g/mol. The molecule has 0 bridgehead atoms. The van der Waals surface area contributed by atoms with E-state index in [0.29, 0.717) is 0 Å². The first-order valence-electron chi connectivity index (χ1n) is 9.75. The molecular weight excluding hydrogens is 330 g/mol. The highest BCUT2D eigenvalue weighted by molar-refractivity contribution is 5.76. The Morgan fingerprint density at radius 2 is 1.81 bits per heavy atom. The van der Waals surface area contributed by atoms with Crippen LogP contribution in [-0.4, -0.2) is 19.1 Å². The molecule has 0 saturated carbocycles. The molecule has 0 N–H and O–H groups in total. The average molecular weight is 366 g/mol. The third kappa shape index (κ3) is 7.01. The molecule has 146 valence electrons. The SMILES string of the molecule is C\C=C(/C=C\C(C(=C\CC)\N=N/N(C)C)=C(\C)CC)c1ccc(C)cc1C. The molecule has 0 amide bonds. The highest BCUT2D eigenvalue weighted by atomic mass is 15.5. The summed E-state index contributed by atoms with van der Waals surface area (Å²) in [7, 11) is 3.77. The molecule has 0 fully saturated rings. The van der Waals surface area contributed by atoms with Crippen molar-refractivity contribution in [3.05, 3.63) is 76.0 Å². The lowest BCUT2D eigenvalue weighted by Crippen LogP contribution is -2.00. The summed E-state index contributed by atoms with van der Waals surface area (Å²) in [5.41, 5.74) is 8.45. The molecule has 0 aromatic heterocycles. The zero-order valence-electron chi connectivity index (χ0n) is 18.3. The Kier molecular flexibility index (Phi) is 9.49. The number of hydrogen-bond acceptors (Lipinski definition) is 2. The fourth-order valence-corrected chi connectivity index (χ4v) is 2.82. The Balaban J connectivity index is 3.35. The predicted octanol–water partition coefficient (Wildman–Crippen LogP) is 7.21. The second kappa shape index (κ2) is 11.3. The van der Waals surface area contributed by atoms with E-state index in [9.17, 15) is 0 Å². The maximum absolute atomic E-state index is 4.47. The molecule has 3 nitrogen and oxygen atoms in total. The van der Waals surface area contributed by atoms with Crippen molar-refractivity contribution in [2.75, 3.05) is 14.1 Å². The lowest BCUT2D eigenvalue weighted by atomic mass is 9.96. The van der Waals surface area contributed by atoms with Gasteiger partial charge in [-0.05, 0) is 57.2 Å². The molecule has 0 heterocycles. The second-order valence-electron chi connectivity index (χ2n) is 6.98. The van der Waals surface area contributed by atoms with Crippen molar-refractivity contribution in [3.63, 3.8) is 0 Å². The molecular formula is C24H35N3. The van der Waals surface area contributed by atoms with Crippen LogP contribution in [-0.2, 0) is 0 Å². The Hall–Kier alpha value is -2.42. The summed E-state index contributed by atoms with van der Waals surface area (Å²) in [5.74, 6) is 0. The minimum atomic E-state index is 0.920. The fraction of sp³-hybridized carbons (Fsp3) is 0.417. The van der Waals surface area contributed by atoms with Crippen LogP contribution in [0.3, 0.4) is 0 Å². The van der Waals surface area contributed by atoms with Gasteiger partial charge in [0.15, 0.2) is 0 Å². The molecule has 0 unspecified atom stereocenters. The van der Waals surface area contributed by atoms with Gasteiger partial charge < -0.3 is 0 Å². The normalized spacial score (nSPS) is 14.2. The molecule has 27 heavy (non-hydrogen) atoms. The van der Waals surface area contributed by atoms with Crippen LogP contribution in [0, 0.1) is 13.8 Å². The summed E-state index contributed by atoms with van der Waals surface area (Å²) in [6.07, 6.45) is 10.6. The first-order chi connectivity index (χ1) is 12.8. The Labute approximate surface area is 165 Å². The van der Waals surface area contributed by atoms with Crippen molar-refractivity contribution >= 4 is 5.57 Å². The molecule has 0 spiro atoms.